The summed E-state index contributed by atoms with van der Waals surface area (Å²) in [7, 11) is 0. The van der Waals surface area contributed by atoms with Gasteiger partial charge >= 0.3 is 0 Å². The van der Waals surface area contributed by atoms with Gasteiger partial charge in [0.15, 0.2) is 0 Å². The Bertz CT molecular complexity index is 928. The summed E-state index contributed by atoms with van der Waals surface area (Å²) in [6, 6.07) is 4.85. The van der Waals surface area contributed by atoms with E-state index in [0.29, 0.717) is 28.4 Å². The molecule has 3 heterocycles. The number of halogens is 1. The standard InChI is InChI=1S/C18H21ClN6O/c1-18(10-20)2-4-25(5-3-18)14-9-21-16-15(23-24-17(16)22-14)11-6-12(19)8-13(26)7-11/h6-9,26H,2-5,10,20H2,1H3,(H,22,23,24). The topological polar surface area (TPSA) is 104 Å². The number of hydrogen-bond acceptors (Lipinski definition) is 6. The normalized spacial score (nSPS) is 17.0. The van der Waals surface area contributed by atoms with Gasteiger partial charge in [0.1, 0.15) is 17.1 Å². The number of rotatable bonds is 3. The van der Waals surface area contributed by atoms with Crippen LogP contribution < -0.4 is 10.6 Å². The van der Waals surface area contributed by atoms with Crippen molar-refractivity contribution in [3.63, 3.8) is 0 Å². The van der Waals surface area contributed by atoms with Crippen LogP contribution in [-0.4, -0.2) is 44.9 Å². The highest BCUT2D eigenvalue weighted by Crippen LogP contribution is 2.33. The maximum Gasteiger partial charge on any atom is 0.202 e. The lowest BCUT2D eigenvalue weighted by Gasteiger charge is -2.39. The van der Waals surface area contributed by atoms with Crippen LogP contribution in [-0.2, 0) is 0 Å². The van der Waals surface area contributed by atoms with Gasteiger partial charge in [-0.2, -0.15) is 5.10 Å². The zero-order valence-corrected chi connectivity index (χ0v) is 15.3. The molecule has 1 aliphatic heterocycles. The van der Waals surface area contributed by atoms with Crippen molar-refractivity contribution in [3.05, 3.63) is 29.4 Å². The maximum atomic E-state index is 9.77. The largest absolute Gasteiger partial charge is 0.508 e. The molecule has 0 bridgehead atoms. The number of aromatic amines is 1. The number of aromatic nitrogens is 4. The fourth-order valence-corrected chi connectivity index (χ4v) is 3.57. The Morgan fingerprint density at radius 2 is 2.08 bits per heavy atom. The van der Waals surface area contributed by atoms with Gasteiger partial charge in [-0.1, -0.05) is 18.5 Å². The van der Waals surface area contributed by atoms with E-state index in [1.54, 1.807) is 18.3 Å². The number of piperidine rings is 1. The number of benzene rings is 1. The molecule has 0 atom stereocenters. The predicted molar refractivity (Wildman–Crippen MR) is 102 cm³/mol. The van der Waals surface area contributed by atoms with Crippen molar-refractivity contribution in [3.8, 4) is 17.0 Å². The summed E-state index contributed by atoms with van der Waals surface area (Å²) in [6.45, 7) is 4.76. The van der Waals surface area contributed by atoms with Gasteiger partial charge in [0.25, 0.3) is 0 Å². The third kappa shape index (κ3) is 3.08. The number of nitrogens with two attached hydrogens (primary N) is 1. The molecule has 1 aromatic carbocycles. The van der Waals surface area contributed by atoms with Crippen LogP contribution >= 0.6 is 11.6 Å². The van der Waals surface area contributed by atoms with Crippen molar-refractivity contribution in [2.45, 2.75) is 19.8 Å². The Labute approximate surface area is 156 Å². The minimum Gasteiger partial charge on any atom is -0.508 e. The van der Waals surface area contributed by atoms with Gasteiger partial charge in [-0.3, -0.25) is 5.10 Å². The van der Waals surface area contributed by atoms with Gasteiger partial charge in [-0.25, -0.2) is 9.97 Å². The number of phenolic OH excluding ortho intramolecular Hbond substituents is 1. The molecule has 0 radical (unpaired) electrons. The van der Waals surface area contributed by atoms with Crippen LogP contribution in [0.15, 0.2) is 24.4 Å². The molecule has 7 nitrogen and oxygen atoms in total. The summed E-state index contributed by atoms with van der Waals surface area (Å²) in [5.41, 5.74) is 8.70. The van der Waals surface area contributed by atoms with Gasteiger partial charge in [0, 0.05) is 23.7 Å². The number of nitrogens with one attached hydrogen (secondary N) is 1. The zero-order chi connectivity index (χ0) is 18.3. The van der Waals surface area contributed by atoms with E-state index in [2.05, 4.69) is 32.0 Å². The van der Waals surface area contributed by atoms with E-state index in [1.165, 1.54) is 6.07 Å². The van der Waals surface area contributed by atoms with E-state index in [1.807, 2.05) is 0 Å². The van der Waals surface area contributed by atoms with Crippen molar-refractivity contribution < 1.29 is 5.11 Å². The van der Waals surface area contributed by atoms with E-state index < -0.39 is 0 Å². The predicted octanol–water partition coefficient (Wildman–Crippen LogP) is 2.94. The third-order valence-electron chi connectivity index (χ3n) is 5.21. The number of phenols is 1. The molecule has 1 aliphatic rings. The second-order valence-corrected chi connectivity index (χ2v) is 7.64. The number of aromatic hydroxyl groups is 1. The molecular formula is C18H21ClN6O. The van der Waals surface area contributed by atoms with Crippen LogP contribution in [0.25, 0.3) is 22.4 Å². The summed E-state index contributed by atoms with van der Waals surface area (Å²) >= 11 is 6.03. The lowest BCUT2D eigenvalue weighted by Crippen LogP contribution is -2.42. The molecule has 8 heteroatoms. The van der Waals surface area contributed by atoms with E-state index >= 15 is 0 Å². The quantitative estimate of drug-likeness (QED) is 0.653. The molecule has 0 unspecified atom stereocenters. The van der Waals surface area contributed by atoms with Gasteiger partial charge in [-0.05, 0) is 43.0 Å². The second kappa shape index (κ2) is 6.41. The lowest BCUT2D eigenvalue weighted by molar-refractivity contribution is 0.258. The highest BCUT2D eigenvalue weighted by Gasteiger charge is 2.29. The van der Waals surface area contributed by atoms with E-state index in [4.69, 9.17) is 17.3 Å². The monoisotopic (exact) mass is 372 g/mol. The first-order valence-corrected chi connectivity index (χ1v) is 9.01. The van der Waals surface area contributed by atoms with E-state index in [-0.39, 0.29) is 11.2 Å². The molecule has 0 saturated carbocycles. The van der Waals surface area contributed by atoms with Gasteiger partial charge in [-0.15, -0.1) is 0 Å². The highest BCUT2D eigenvalue weighted by atomic mass is 35.5. The van der Waals surface area contributed by atoms with Crippen LogP contribution in [0.1, 0.15) is 19.8 Å². The molecule has 2 aromatic heterocycles. The Morgan fingerprint density at radius 1 is 1.31 bits per heavy atom. The average molecular weight is 373 g/mol. The molecule has 1 saturated heterocycles. The van der Waals surface area contributed by atoms with Crippen molar-refractivity contribution >= 4 is 28.6 Å². The van der Waals surface area contributed by atoms with E-state index in [9.17, 15) is 5.11 Å². The van der Waals surface area contributed by atoms with Crippen LogP contribution in [0.3, 0.4) is 0 Å². The second-order valence-electron chi connectivity index (χ2n) is 7.20. The summed E-state index contributed by atoms with van der Waals surface area (Å²) in [6.07, 6.45) is 3.85. The van der Waals surface area contributed by atoms with Crippen LogP contribution in [0.4, 0.5) is 5.82 Å². The Hall–Kier alpha value is -2.38. The van der Waals surface area contributed by atoms with Gasteiger partial charge in [0.05, 0.1) is 11.9 Å². The van der Waals surface area contributed by atoms with Gasteiger partial charge < -0.3 is 15.7 Å². The van der Waals surface area contributed by atoms with E-state index in [0.717, 1.165) is 37.3 Å². The number of H-pyrrole nitrogens is 1. The minimum absolute atomic E-state index is 0.0936. The smallest absolute Gasteiger partial charge is 0.202 e. The molecule has 136 valence electrons. The minimum atomic E-state index is 0.0936. The number of fused-ring (bicyclic) bond motifs is 1. The molecule has 3 aromatic rings. The van der Waals surface area contributed by atoms with Crippen LogP contribution in [0, 0.1) is 5.41 Å². The SMILES string of the molecule is CC1(CN)CCN(c2cnc3c(-c4cc(O)cc(Cl)c4)[nH]nc3n2)CC1. The molecule has 0 aliphatic carbocycles. The Balaban J connectivity index is 1.64. The maximum absolute atomic E-state index is 9.77. The van der Waals surface area contributed by atoms with Crippen molar-refractivity contribution in [1.82, 2.24) is 20.2 Å². The summed E-state index contributed by atoms with van der Waals surface area (Å²) in [4.78, 5) is 11.4. The molecule has 4 rings (SSSR count). The lowest BCUT2D eigenvalue weighted by atomic mass is 9.80. The molecule has 26 heavy (non-hydrogen) atoms. The molecular weight excluding hydrogens is 352 g/mol. The molecule has 1 fully saturated rings. The third-order valence-corrected chi connectivity index (χ3v) is 5.43. The van der Waals surface area contributed by atoms with Gasteiger partial charge in [0.2, 0.25) is 5.65 Å². The van der Waals surface area contributed by atoms with Crippen LogP contribution in [0.2, 0.25) is 5.02 Å². The van der Waals surface area contributed by atoms with Crippen molar-refractivity contribution in [2.24, 2.45) is 11.1 Å². The fraction of sp³-hybridized carbons (Fsp3) is 0.389. The Kier molecular flexibility index (Phi) is 4.20. The first-order valence-electron chi connectivity index (χ1n) is 8.63. The van der Waals surface area contributed by atoms with Crippen molar-refractivity contribution in [1.29, 1.82) is 0 Å². The number of hydrogen-bond donors (Lipinski definition) is 3. The van der Waals surface area contributed by atoms with Crippen LogP contribution in [0.5, 0.6) is 5.75 Å². The summed E-state index contributed by atoms with van der Waals surface area (Å²) < 4.78 is 0. The molecule has 0 amide bonds. The zero-order valence-electron chi connectivity index (χ0n) is 14.5. The number of anilines is 1. The molecule has 0 spiro atoms. The summed E-state index contributed by atoms with van der Waals surface area (Å²) in [5.74, 6) is 0.916. The average Bonchev–Trinajstić information content (AvgIpc) is 3.05. The highest BCUT2D eigenvalue weighted by molar-refractivity contribution is 6.31. The first-order chi connectivity index (χ1) is 12.5. The van der Waals surface area contributed by atoms with Crippen molar-refractivity contribution in [2.75, 3.05) is 24.5 Å². The number of nitrogens with zero attached hydrogens (tertiary/aromatic N) is 4. The summed E-state index contributed by atoms with van der Waals surface area (Å²) in [5, 5.41) is 17.5. The first kappa shape index (κ1) is 17.1. The molecule has 4 N–H and O–H groups in total. The fourth-order valence-electron chi connectivity index (χ4n) is 3.34. The Morgan fingerprint density at radius 3 is 2.77 bits per heavy atom.